The molecule has 0 bridgehead atoms. The fourth-order valence-corrected chi connectivity index (χ4v) is 5.62. The average molecular weight is 445 g/mol. The van der Waals surface area contributed by atoms with Crippen LogP contribution in [0, 0.1) is 0 Å². The molecular weight excluding hydrogens is 420 g/mol. The molecule has 0 fully saturated rings. The third-order valence-electron chi connectivity index (χ3n) is 7.26. The molecule has 0 N–H and O–H groups in total. The van der Waals surface area contributed by atoms with Crippen molar-refractivity contribution in [3.8, 4) is 22.3 Å². The number of hydrogen-bond donors (Lipinski definition) is 0. The molecule has 0 unspecified atom stereocenters. The standard InChI is InChI=1S/C35H24/c1-2-10-24-18-20-28(22-26(24)12-3-1)34-30-14-6-8-16-32(30)35(33-17-9-7-15-31(33)34)29-21-19-25-11-4-5-13-27(25)23-29/h1-9,11-23H,10H2. The summed E-state index contributed by atoms with van der Waals surface area (Å²) in [4.78, 5) is 0. The van der Waals surface area contributed by atoms with Crippen molar-refractivity contribution >= 4 is 38.4 Å². The van der Waals surface area contributed by atoms with Gasteiger partial charge in [-0.05, 0) is 84.3 Å². The van der Waals surface area contributed by atoms with E-state index in [0.29, 0.717) is 0 Å². The van der Waals surface area contributed by atoms with E-state index in [-0.39, 0.29) is 0 Å². The van der Waals surface area contributed by atoms with Crippen LogP contribution in [-0.2, 0) is 6.42 Å². The summed E-state index contributed by atoms with van der Waals surface area (Å²) in [7, 11) is 0. The van der Waals surface area contributed by atoms with Gasteiger partial charge in [-0.25, -0.2) is 0 Å². The van der Waals surface area contributed by atoms with Gasteiger partial charge in [0.25, 0.3) is 0 Å². The van der Waals surface area contributed by atoms with E-state index in [9.17, 15) is 0 Å². The minimum atomic E-state index is 0.977. The summed E-state index contributed by atoms with van der Waals surface area (Å²) >= 11 is 0. The molecular formula is C35H24. The van der Waals surface area contributed by atoms with Gasteiger partial charge in [-0.3, -0.25) is 0 Å². The fourth-order valence-electron chi connectivity index (χ4n) is 5.62. The molecule has 35 heavy (non-hydrogen) atoms. The summed E-state index contributed by atoms with van der Waals surface area (Å²) in [5.41, 5.74) is 7.84. The molecule has 0 aromatic heterocycles. The van der Waals surface area contributed by atoms with Gasteiger partial charge in [0.1, 0.15) is 0 Å². The molecule has 1 aliphatic rings. The third kappa shape index (κ3) is 3.30. The van der Waals surface area contributed by atoms with Crippen molar-refractivity contribution in [3.05, 3.63) is 139 Å². The maximum atomic E-state index is 2.36. The predicted octanol–water partition coefficient (Wildman–Crippen LogP) is 9.61. The first-order chi connectivity index (χ1) is 17.4. The lowest BCUT2D eigenvalue weighted by atomic mass is 9.85. The number of hydrogen-bond acceptors (Lipinski definition) is 0. The largest absolute Gasteiger partial charge is 0.0801 e. The maximum Gasteiger partial charge on any atom is -0.00262 e. The van der Waals surface area contributed by atoms with E-state index < -0.39 is 0 Å². The first-order valence-electron chi connectivity index (χ1n) is 12.3. The van der Waals surface area contributed by atoms with E-state index in [0.717, 1.165) is 6.42 Å². The lowest BCUT2D eigenvalue weighted by molar-refractivity contribution is 1.27. The molecule has 0 heteroatoms. The Morgan fingerprint density at radius 1 is 0.457 bits per heavy atom. The number of fused-ring (bicyclic) bond motifs is 4. The van der Waals surface area contributed by atoms with Crippen LogP contribution in [0.15, 0.2) is 127 Å². The van der Waals surface area contributed by atoms with Crippen LogP contribution in [-0.4, -0.2) is 0 Å². The molecule has 0 atom stereocenters. The smallest absolute Gasteiger partial charge is 0.00262 e. The summed E-state index contributed by atoms with van der Waals surface area (Å²) in [5.74, 6) is 0. The molecule has 6 aromatic rings. The quantitative estimate of drug-likeness (QED) is 0.233. The Labute approximate surface area is 205 Å². The van der Waals surface area contributed by atoms with E-state index in [1.165, 1.54) is 65.7 Å². The minimum absolute atomic E-state index is 0.977. The Morgan fingerprint density at radius 3 is 1.71 bits per heavy atom. The summed E-state index contributed by atoms with van der Waals surface area (Å²) in [6, 6.07) is 40.2. The van der Waals surface area contributed by atoms with Gasteiger partial charge in [-0.1, -0.05) is 121 Å². The third-order valence-corrected chi connectivity index (χ3v) is 7.26. The molecule has 164 valence electrons. The SMILES string of the molecule is C1=CCc2ccc(-c3c4ccccc4c(-c4ccc5ccccc5c4)c4ccccc34)cc2C=C1. The van der Waals surface area contributed by atoms with Gasteiger partial charge >= 0.3 is 0 Å². The molecule has 0 saturated carbocycles. The first-order valence-corrected chi connectivity index (χ1v) is 12.3. The maximum absolute atomic E-state index is 2.36. The topological polar surface area (TPSA) is 0 Å². The monoisotopic (exact) mass is 444 g/mol. The number of benzene rings is 6. The highest BCUT2D eigenvalue weighted by Gasteiger charge is 2.17. The lowest BCUT2D eigenvalue weighted by Gasteiger charge is -2.18. The van der Waals surface area contributed by atoms with Crippen LogP contribution in [0.1, 0.15) is 11.1 Å². The molecule has 0 aliphatic heterocycles. The lowest BCUT2D eigenvalue weighted by Crippen LogP contribution is -1.93. The highest BCUT2D eigenvalue weighted by Crippen LogP contribution is 2.44. The highest BCUT2D eigenvalue weighted by molar-refractivity contribution is 6.21. The van der Waals surface area contributed by atoms with Gasteiger partial charge in [-0.15, -0.1) is 0 Å². The van der Waals surface area contributed by atoms with Gasteiger partial charge in [0.2, 0.25) is 0 Å². The van der Waals surface area contributed by atoms with Crippen LogP contribution >= 0.6 is 0 Å². The summed E-state index contributed by atoms with van der Waals surface area (Å²) in [6.07, 6.45) is 9.73. The van der Waals surface area contributed by atoms with E-state index in [4.69, 9.17) is 0 Å². The minimum Gasteiger partial charge on any atom is -0.0801 e. The number of rotatable bonds is 2. The molecule has 0 saturated heterocycles. The van der Waals surface area contributed by atoms with E-state index in [1.54, 1.807) is 0 Å². The predicted molar refractivity (Wildman–Crippen MR) is 152 cm³/mol. The normalized spacial score (nSPS) is 12.8. The first kappa shape index (κ1) is 20.0. The van der Waals surface area contributed by atoms with E-state index in [1.807, 2.05) is 0 Å². The van der Waals surface area contributed by atoms with Crippen molar-refractivity contribution in [1.29, 1.82) is 0 Å². The Bertz CT molecular complexity index is 1760. The highest BCUT2D eigenvalue weighted by atomic mass is 14.2. The molecule has 0 radical (unpaired) electrons. The van der Waals surface area contributed by atoms with Crippen molar-refractivity contribution in [2.45, 2.75) is 6.42 Å². The zero-order valence-corrected chi connectivity index (χ0v) is 19.4. The van der Waals surface area contributed by atoms with Crippen LogP contribution in [0.3, 0.4) is 0 Å². The Balaban J connectivity index is 1.57. The van der Waals surface area contributed by atoms with E-state index >= 15 is 0 Å². The van der Waals surface area contributed by atoms with Gasteiger partial charge in [0.05, 0.1) is 0 Å². The molecule has 0 heterocycles. The second-order valence-corrected chi connectivity index (χ2v) is 9.31. The molecule has 0 spiro atoms. The van der Waals surface area contributed by atoms with Crippen LogP contribution in [0.4, 0.5) is 0 Å². The van der Waals surface area contributed by atoms with Crippen LogP contribution < -0.4 is 0 Å². The molecule has 0 nitrogen and oxygen atoms in total. The Morgan fingerprint density at radius 2 is 1.03 bits per heavy atom. The van der Waals surface area contributed by atoms with Crippen molar-refractivity contribution < 1.29 is 0 Å². The average Bonchev–Trinajstić information content (AvgIpc) is 3.16. The summed E-state index contributed by atoms with van der Waals surface area (Å²) in [5, 5.41) is 7.73. The van der Waals surface area contributed by atoms with Crippen LogP contribution in [0.25, 0.3) is 60.6 Å². The second-order valence-electron chi connectivity index (χ2n) is 9.31. The molecule has 0 amide bonds. The van der Waals surface area contributed by atoms with E-state index in [2.05, 4.69) is 133 Å². The van der Waals surface area contributed by atoms with Crippen molar-refractivity contribution in [1.82, 2.24) is 0 Å². The van der Waals surface area contributed by atoms with Gasteiger partial charge in [0, 0.05) is 0 Å². The van der Waals surface area contributed by atoms with Gasteiger partial charge in [0.15, 0.2) is 0 Å². The fraction of sp³-hybridized carbons (Fsp3) is 0.0286. The zero-order valence-electron chi connectivity index (χ0n) is 19.4. The van der Waals surface area contributed by atoms with Crippen molar-refractivity contribution in [2.24, 2.45) is 0 Å². The van der Waals surface area contributed by atoms with Gasteiger partial charge < -0.3 is 0 Å². The summed E-state index contributed by atoms with van der Waals surface area (Å²) in [6.45, 7) is 0. The Hall–Kier alpha value is -4.42. The molecule has 1 aliphatic carbocycles. The Kier molecular flexibility index (Phi) is 4.63. The summed E-state index contributed by atoms with van der Waals surface area (Å²) < 4.78 is 0. The van der Waals surface area contributed by atoms with Crippen LogP contribution in [0.5, 0.6) is 0 Å². The van der Waals surface area contributed by atoms with Crippen LogP contribution in [0.2, 0.25) is 0 Å². The van der Waals surface area contributed by atoms with Gasteiger partial charge in [-0.2, -0.15) is 0 Å². The molecule has 6 aromatic carbocycles. The molecule has 7 rings (SSSR count). The van der Waals surface area contributed by atoms with Crippen molar-refractivity contribution in [2.75, 3.05) is 0 Å². The van der Waals surface area contributed by atoms with Crippen molar-refractivity contribution in [3.63, 3.8) is 0 Å². The number of allylic oxidation sites excluding steroid dienone is 3. The second kappa shape index (κ2) is 8.11. The zero-order chi connectivity index (χ0) is 23.2.